The van der Waals surface area contributed by atoms with Gasteiger partial charge >= 0.3 is 0 Å². The smallest absolute Gasteiger partial charge is 0.232 e. The Morgan fingerprint density at radius 2 is 2.00 bits per heavy atom. The minimum absolute atomic E-state index is 0.0436. The van der Waals surface area contributed by atoms with E-state index in [4.69, 9.17) is 18.0 Å². The summed E-state index contributed by atoms with van der Waals surface area (Å²) in [5, 5.41) is 0. The summed E-state index contributed by atoms with van der Waals surface area (Å²) in [4.78, 5) is 0.158. The van der Waals surface area contributed by atoms with E-state index in [1.807, 2.05) is 20.8 Å². The van der Waals surface area contributed by atoms with Gasteiger partial charge in [-0.25, -0.2) is 8.42 Å². The maximum absolute atomic E-state index is 12.1. The molecule has 0 radical (unpaired) electrons. The highest BCUT2D eigenvalue weighted by Crippen LogP contribution is 2.24. The largest absolute Gasteiger partial charge is 0.389 e. The lowest BCUT2D eigenvalue weighted by Crippen LogP contribution is -2.23. The van der Waals surface area contributed by atoms with Gasteiger partial charge in [-0.15, -0.1) is 0 Å². The van der Waals surface area contributed by atoms with Crippen LogP contribution in [0.1, 0.15) is 32.8 Å². The summed E-state index contributed by atoms with van der Waals surface area (Å²) in [5.41, 5.74) is 6.48. The van der Waals surface area contributed by atoms with Crippen LogP contribution >= 0.6 is 28.1 Å². The summed E-state index contributed by atoms with van der Waals surface area (Å²) in [6.07, 6.45) is 0.568. The normalized spacial score (nSPS) is 12.2. The number of rotatable bonds is 5. The Balaban J connectivity index is 2.97. The van der Waals surface area contributed by atoms with Gasteiger partial charge in [0.25, 0.3) is 0 Å². The molecule has 0 saturated carbocycles. The molecule has 1 rings (SSSR count). The maximum Gasteiger partial charge on any atom is 0.232 e. The zero-order chi connectivity index (χ0) is 15.6. The molecular weight excluding hydrogens is 360 g/mol. The van der Waals surface area contributed by atoms with Gasteiger partial charge in [0.15, 0.2) is 0 Å². The summed E-state index contributed by atoms with van der Waals surface area (Å²) in [5.74, 6) is 0.0553. The highest BCUT2D eigenvalue weighted by atomic mass is 79.9. The van der Waals surface area contributed by atoms with Gasteiger partial charge in [-0.05, 0) is 30.0 Å². The second-order valence-corrected chi connectivity index (χ2v) is 8.98. The molecular formula is C13H19BrN2O2S2. The van der Waals surface area contributed by atoms with Crippen molar-refractivity contribution < 1.29 is 8.42 Å². The quantitative estimate of drug-likeness (QED) is 0.771. The topological polar surface area (TPSA) is 72.2 Å². The summed E-state index contributed by atoms with van der Waals surface area (Å²) >= 11 is 8.24. The molecule has 0 fully saturated rings. The molecule has 0 unspecified atom stereocenters. The third kappa shape index (κ3) is 5.76. The van der Waals surface area contributed by atoms with Crippen LogP contribution in [0.15, 0.2) is 22.7 Å². The highest BCUT2D eigenvalue weighted by molar-refractivity contribution is 9.10. The summed E-state index contributed by atoms with van der Waals surface area (Å²) in [7, 11) is -3.43. The number of anilines is 1. The molecule has 0 aliphatic rings. The number of nitrogens with two attached hydrogens (primary N) is 1. The van der Waals surface area contributed by atoms with Crippen molar-refractivity contribution in [2.75, 3.05) is 10.5 Å². The molecule has 0 bridgehead atoms. The molecule has 1 aromatic rings. The van der Waals surface area contributed by atoms with Gasteiger partial charge in [0.2, 0.25) is 10.0 Å². The fraction of sp³-hybridized carbons (Fsp3) is 0.462. The summed E-state index contributed by atoms with van der Waals surface area (Å²) in [6.45, 7) is 6.01. The molecule has 0 amide bonds. The number of thiocarbonyl (C=S) groups is 1. The van der Waals surface area contributed by atoms with E-state index in [0.717, 1.165) is 4.47 Å². The van der Waals surface area contributed by atoms with Gasteiger partial charge in [0, 0.05) is 10.0 Å². The number of benzene rings is 1. The Hall–Kier alpha value is -0.660. The van der Waals surface area contributed by atoms with Gasteiger partial charge in [-0.3, -0.25) is 4.72 Å². The van der Waals surface area contributed by atoms with Crippen LogP contribution in [0.5, 0.6) is 0 Å². The lowest BCUT2D eigenvalue weighted by Gasteiger charge is -2.19. The zero-order valence-corrected chi connectivity index (χ0v) is 15.0. The maximum atomic E-state index is 12.1. The van der Waals surface area contributed by atoms with E-state index in [-0.39, 0.29) is 16.2 Å². The van der Waals surface area contributed by atoms with Crippen molar-refractivity contribution in [1.82, 2.24) is 0 Å². The highest BCUT2D eigenvalue weighted by Gasteiger charge is 2.19. The molecule has 1 aromatic carbocycles. The fourth-order valence-electron chi connectivity index (χ4n) is 1.47. The molecule has 0 aliphatic heterocycles. The van der Waals surface area contributed by atoms with Gasteiger partial charge in [-0.1, -0.05) is 48.9 Å². The van der Waals surface area contributed by atoms with E-state index >= 15 is 0 Å². The van der Waals surface area contributed by atoms with E-state index in [9.17, 15) is 8.42 Å². The van der Waals surface area contributed by atoms with Crippen LogP contribution in [0.3, 0.4) is 0 Å². The van der Waals surface area contributed by atoms with Crippen molar-refractivity contribution >= 4 is 48.8 Å². The van der Waals surface area contributed by atoms with Crippen molar-refractivity contribution in [2.45, 2.75) is 27.2 Å². The Morgan fingerprint density at radius 1 is 1.40 bits per heavy atom. The van der Waals surface area contributed by atoms with Crippen LogP contribution < -0.4 is 10.5 Å². The van der Waals surface area contributed by atoms with Crippen LogP contribution in [0.4, 0.5) is 5.69 Å². The molecule has 0 spiro atoms. The van der Waals surface area contributed by atoms with Crippen LogP contribution in [0.25, 0.3) is 0 Å². The van der Waals surface area contributed by atoms with Crippen molar-refractivity contribution in [3.8, 4) is 0 Å². The van der Waals surface area contributed by atoms with Crippen LogP contribution in [-0.4, -0.2) is 19.2 Å². The third-order valence-corrected chi connectivity index (χ3v) is 4.62. The van der Waals surface area contributed by atoms with Crippen molar-refractivity contribution in [2.24, 2.45) is 11.1 Å². The second kappa shape index (κ2) is 6.41. The molecule has 7 heteroatoms. The fourth-order valence-corrected chi connectivity index (χ4v) is 3.50. The predicted molar refractivity (Wildman–Crippen MR) is 91.5 cm³/mol. The predicted octanol–water partition coefficient (Wildman–Crippen LogP) is 3.26. The van der Waals surface area contributed by atoms with Crippen molar-refractivity contribution in [3.05, 3.63) is 28.2 Å². The van der Waals surface area contributed by atoms with Crippen molar-refractivity contribution in [3.63, 3.8) is 0 Å². The standard InChI is InChI=1S/C13H19BrN2O2S2/c1-13(2,3)6-7-20(17,18)16-11-8-9(14)4-5-10(11)12(15)19/h4-5,8,16H,6-7H2,1-3H3,(H2,15,19). The second-order valence-electron chi connectivity index (χ2n) is 5.79. The van der Waals surface area contributed by atoms with Gasteiger partial charge in [-0.2, -0.15) is 0 Å². The van der Waals surface area contributed by atoms with Crippen LogP contribution in [-0.2, 0) is 10.0 Å². The number of hydrogen-bond acceptors (Lipinski definition) is 3. The Bertz CT molecular complexity index is 607. The first-order valence-electron chi connectivity index (χ1n) is 6.10. The monoisotopic (exact) mass is 378 g/mol. The first-order chi connectivity index (χ1) is 9.00. The molecule has 4 nitrogen and oxygen atoms in total. The Kier molecular flexibility index (Phi) is 5.57. The minimum Gasteiger partial charge on any atom is -0.389 e. The summed E-state index contributed by atoms with van der Waals surface area (Å²) in [6, 6.07) is 5.11. The third-order valence-electron chi connectivity index (χ3n) is 2.63. The first kappa shape index (κ1) is 17.4. The molecule has 0 saturated heterocycles. The van der Waals surface area contributed by atoms with E-state index < -0.39 is 10.0 Å². The lowest BCUT2D eigenvalue weighted by molar-refractivity contribution is 0.397. The van der Waals surface area contributed by atoms with E-state index in [0.29, 0.717) is 17.7 Å². The van der Waals surface area contributed by atoms with Gasteiger partial charge in [0.05, 0.1) is 11.4 Å². The first-order valence-corrected chi connectivity index (χ1v) is 8.95. The van der Waals surface area contributed by atoms with Gasteiger partial charge in [0.1, 0.15) is 4.99 Å². The Labute approximate surface area is 134 Å². The molecule has 0 atom stereocenters. The van der Waals surface area contributed by atoms with Gasteiger partial charge < -0.3 is 5.73 Å². The van der Waals surface area contributed by atoms with Crippen LogP contribution in [0.2, 0.25) is 0 Å². The lowest BCUT2D eigenvalue weighted by atomic mass is 9.94. The zero-order valence-electron chi connectivity index (χ0n) is 11.7. The molecule has 0 heterocycles. The average molecular weight is 379 g/mol. The Morgan fingerprint density at radius 3 is 2.50 bits per heavy atom. The minimum atomic E-state index is -3.43. The summed E-state index contributed by atoms with van der Waals surface area (Å²) < 4.78 is 27.6. The van der Waals surface area contributed by atoms with E-state index in [1.54, 1.807) is 18.2 Å². The number of nitrogens with one attached hydrogen (secondary N) is 1. The molecule has 0 aliphatic carbocycles. The van der Waals surface area contributed by atoms with Crippen molar-refractivity contribution in [1.29, 1.82) is 0 Å². The molecule has 3 N–H and O–H groups in total. The SMILES string of the molecule is CC(C)(C)CCS(=O)(=O)Nc1cc(Br)ccc1C(N)=S. The molecule has 20 heavy (non-hydrogen) atoms. The number of hydrogen-bond donors (Lipinski definition) is 2. The molecule has 112 valence electrons. The number of halogens is 1. The van der Waals surface area contributed by atoms with E-state index in [1.165, 1.54) is 0 Å². The van der Waals surface area contributed by atoms with Crippen LogP contribution in [0, 0.1) is 5.41 Å². The number of sulfonamides is 1. The average Bonchev–Trinajstić information content (AvgIpc) is 2.24. The molecule has 0 aromatic heterocycles. The van der Waals surface area contributed by atoms with E-state index in [2.05, 4.69) is 20.7 Å².